The lowest BCUT2D eigenvalue weighted by Gasteiger charge is -2.19. The molecule has 5 heteroatoms. The van der Waals surface area contributed by atoms with E-state index >= 15 is 0 Å². The zero-order valence-electron chi connectivity index (χ0n) is 13.0. The van der Waals surface area contributed by atoms with E-state index in [-0.39, 0.29) is 5.91 Å². The third-order valence-electron chi connectivity index (χ3n) is 3.39. The number of ether oxygens (including phenoxy) is 2. The number of hydrogen-bond donors (Lipinski definition) is 1. The van der Waals surface area contributed by atoms with Gasteiger partial charge < -0.3 is 14.8 Å². The molecule has 4 nitrogen and oxygen atoms in total. The average molecular weight is 329 g/mol. The topological polar surface area (TPSA) is 47.6 Å². The van der Waals surface area contributed by atoms with Gasteiger partial charge in [-0.15, -0.1) is 11.8 Å². The fourth-order valence-electron chi connectivity index (χ4n) is 2.31. The molecule has 1 aliphatic rings. The van der Waals surface area contributed by atoms with E-state index in [1.165, 1.54) is 0 Å². The number of fused-ring (bicyclic) bond motifs is 1. The van der Waals surface area contributed by atoms with Crippen molar-refractivity contribution >= 4 is 23.4 Å². The van der Waals surface area contributed by atoms with Crippen molar-refractivity contribution in [1.29, 1.82) is 0 Å². The summed E-state index contributed by atoms with van der Waals surface area (Å²) >= 11 is 1.70. The Bertz CT molecular complexity index is 702. The molecule has 1 aliphatic heterocycles. The monoisotopic (exact) mass is 329 g/mol. The molecule has 0 aromatic heterocycles. The largest absolute Gasteiger partial charge is 0.486 e. The lowest BCUT2D eigenvalue weighted by molar-refractivity contribution is 0.102. The number of benzene rings is 2. The number of thioether (sulfide) groups is 1. The summed E-state index contributed by atoms with van der Waals surface area (Å²) < 4.78 is 11.0. The summed E-state index contributed by atoms with van der Waals surface area (Å²) in [6.07, 6.45) is 1.07. The molecule has 2 aromatic carbocycles. The van der Waals surface area contributed by atoms with Crippen molar-refractivity contribution in [2.75, 3.05) is 24.3 Å². The standard InChI is InChI=1S/C18H19NO3S/c1-2-11-23-17-6-4-3-5-14(17)18(20)19-13-7-8-15-16(12-13)22-10-9-21-15/h3-8,12H,2,9-11H2,1H3,(H,19,20). The third kappa shape index (κ3) is 3.79. The Kier molecular flexibility index (Phi) is 5.08. The van der Waals surface area contributed by atoms with Crippen LogP contribution in [0.2, 0.25) is 0 Å². The van der Waals surface area contributed by atoms with E-state index in [1.807, 2.05) is 36.4 Å². The summed E-state index contributed by atoms with van der Waals surface area (Å²) in [5, 5.41) is 2.94. The SMILES string of the molecule is CCCSc1ccccc1C(=O)Nc1ccc2c(c1)OCCO2. The summed E-state index contributed by atoms with van der Waals surface area (Å²) in [7, 11) is 0. The molecule has 1 heterocycles. The number of carbonyl (C=O) groups excluding carboxylic acids is 1. The normalized spacial score (nSPS) is 12.7. The van der Waals surface area contributed by atoms with Crippen LogP contribution < -0.4 is 14.8 Å². The van der Waals surface area contributed by atoms with Crippen LogP contribution >= 0.6 is 11.8 Å². The van der Waals surface area contributed by atoms with Gasteiger partial charge in [-0.25, -0.2) is 0 Å². The Labute approximate surface area is 140 Å². The summed E-state index contributed by atoms with van der Waals surface area (Å²) in [6.45, 7) is 3.21. The van der Waals surface area contributed by atoms with Gasteiger partial charge >= 0.3 is 0 Å². The molecule has 2 aromatic rings. The van der Waals surface area contributed by atoms with Gasteiger partial charge in [-0.3, -0.25) is 4.79 Å². The number of anilines is 1. The van der Waals surface area contributed by atoms with E-state index in [0.29, 0.717) is 36.0 Å². The van der Waals surface area contributed by atoms with Crippen LogP contribution in [-0.2, 0) is 0 Å². The van der Waals surface area contributed by atoms with Gasteiger partial charge in [-0.2, -0.15) is 0 Å². The van der Waals surface area contributed by atoms with E-state index < -0.39 is 0 Å². The lowest BCUT2D eigenvalue weighted by atomic mass is 10.2. The molecule has 1 N–H and O–H groups in total. The Morgan fingerprint density at radius 2 is 1.91 bits per heavy atom. The minimum absolute atomic E-state index is 0.110. The molecule has 0 unspecified atom stereocenters. The van der Waals surface area contributed by atoms with Gasteiger partial charge in [-0.1, -0.05) is 19.1 Å². The molecule has 3 rings (SSSR count). The van der Waals surface area contributed by atoms with Gasteiger partial charge in [0.25, 0.3) is 5.91 Å². The highest BCUT2D eigenvalue weighted by atomic mass is 32.2. The predicted molar refractivity (Wildman–Crippen MR) is 92.8 cm³/mol. The fourth-order valence-corrected chi connectivity index (χ4v) is 3.23. The van der Waals surface area contributed by atoms with Crippen molar-refractivity contribution < 1.29 is 14.3 Å². The van der Waals surface area contributed by atoms with Crippen LogP contribution in [0, 0.1) is 0 Å². The second kappa shape index (κ2) is 7.42. The third-order valence-corrected chi connectivity index (χ3v) is 4.67. The van der Waals surface area contributed by atoms with Crippen molar-refractivity contribution in [2.45, 2.75) is 18.2 Å². The Balaban J connectivity index is 1.77. The smallest absolute Gasteiger partial charge is 0.256 e. The zero-order chi connectivity index (χ0) is 16.1. The van der Waals surface area contributed by atoms with Crippen molar-refractivity contribution in [3.05, 3.63) is 48.0 Å². The van der Waals surface area contributed by atoms with Gasteiger partial charge in [-0.05, 0) is 36.4 Å². The molecule has 0 fully saturated rings. The molecule has 0 radical (unpaired) electrons. The number of amides is 1. The van der Waals surface area contributed by atoms with Crippen molar-refractivity contribution in [2.24, 2.45) is 0 Å². The molecule has 0 bridgehead atoms. The average Bonchev–Trinajstić information content (AvgIpc) is 2.60. The maximum Gasteiger partial charge on any atom is 0.256 e. The van der Waals surface area contributed by atoms with Gasteiger partial charge in [0.2, 0.25) is 0 Å². The maximum absolute atomic E-state index is 12.6. The van der Waals surface area contributed by atoms with Crippen LogP contribution in [0.15, 0.2) is 47.4 Å². The number of carbonyl (C=O) groups is 1. The van der Waals surface area contributed by atoms with Crippen LogP contribution in [0.4, 0.5) is 5.69 Å². The number of rotatable bonds is 5. The Morgan fingerprint density at radius 3 is 2.74 bits per heavy atom. The van der Waals surface area contributed by atoms with Gasteiger partial charge in [0.05, 0.1) is 5.56 Å². The fraction of sp³-hybridized carbons (Fsp3) is 0.278. The quantitative estimate of drug-likeness (QED) is 0.835. The molecule has 120 valence electrons. The number of hydrogen-bond acceptors (Lipinski definition) is 4. The first-order chi connectivity index (χ1) is 11.3. The second-order valence-electron chi connectivity index (χ2n) is 5.16. The first-order valence-electron chi connectivity index (χ1n) is 7.71. The molecule has 0 aliphatic carbocycles. The van der Waals surface area contributed by atoms with E-state index in [1.54, 1.807) is 17.8 Å². The van der Waals surface area contributed by atoms with E-state index in [0.717, 1.165) is 17.1 Å². The molecule has 0 saturated carbocycles. The summed E-state index contributed by atoms with van der Waals surface area (Å²) in [6, 6.07) is 13.1. The van der Waals surface area contributed by atoms with Crippen LogP contribution in [0.1, 0.15) is 23.7 Å². The van der Waals surface area contributed by atoms with E-state index in [2.05, 4.69) is 12.2 Å². The van der Waals surface area contributed by atoms with E-state index in [9.17, 15) is 4.79 Å². The van der Waals surface area contributed by atoms with Gasteiger partial charge in [0.1, 0.15) is 13.2 Å². The summed E-state index contributed by atoms with van der Waals surface area (Å²) in [4.78, 5) is 13.6. The highest BCUT2D eigenvalue weighted by molar-refractivity contribution is 7.99. The van der Waals surface area contributed by atoms with Crippen LogP contribution in [0.25, 0.3) is 0 Å². The van der Waals surface area contributed by atoms with Crippen LogP contribution in [0.5, 0.6) is 11.5 Å². The highest BCUT2D eigenvalue weighted by Crippen LogP contribution is 2.33. The molecule has 0 spiro atoms. The van der Waals surface area contributed by atoms with Crippen molar-refractivity contribution in [3.63, 3.8) is 0 Å². The maximum atomic E-state index is 12.6. The Hall–Kier alpha value is -2.14. The minimum atomic E-state index is -0.110. The highest BCUT2D eigenvalue weighted by Gasteiger charge is 2.15. The molecular weight excluding hydrogens is 310 g/mol. The lowest BCUT2D eigenvalue weighted by Crippen LogP contribution is -2.16. The van der Waals surface area contributed by atoms with Crippen molar-refractivity contribution in [3.8, 4) is 11.5 Å². The van der Waals surface area contributed by atoms with E-state index in [4.69, 9.17) is 9.47 Å². The first kappa shape index (κ1) is 15.7. The second-order valence-corrected chi connectivity index (χ2v) is 6.29. The Morgan fingerprint density at radius 1 is 1.13 bits per heavy atom. The van der Waals surface area contributed by atoms with Gasteiger partial charge in [0.15, 0.2) is 11.5 Å². The van der Waals surface area contributed by atoms with Crippen molar-refractivity contribution in [1.82, 2.24) is 0 Å². The van der Waals surface area contributed by atoms with Gasteiger partial charge in [0, 0.05) is 16.6 Å². The minimum Gasteiger partial charge on any atom is -0.486 e. The summed E-state index contributed by atoms with van der Waals surface area (Å²) in [5.41, 5.74) is 1.40. The zero-order valence-corrected chi connectivity index (χ0v) is 13.8. The first-order valence-corrected chi connectivity index (χ1v) is 8.69. The van der Waals surface area contributed by atoms with Crippen LogP contribution in [-0.4, -0.2) is 24.9 Å². The molecule has 1 amide bonds. The summed E-state index contributed by atoms with van der Waals surface area (Å²) in [5.74, 6) is 2.27. The predicted octanol–water partition coefficient (Wildman–Crippen LogP) is 4.21. The molecule has 23 heavy (non-hydrogen) atoms. The molecule has 0 atom stereocenters. The van der Waals surface area contributed by atoms with Crippen LogP contribution in [0.3, 0.4) is 0 Å². The number of nitrogens with one attached hydrogen (secondary N) is 1. The molecular formula is C18H19NO3S. The molecule has 0 saturated heterocycles.